The summed E-state index contributed by atoms with van der Waals surface area (Å²) < 4.78 is 5.17. The Morgan fingerprint density at radius 2 is 1.35 bits per heavy atom. The van der Waals surface area contributed by atoms with Gasteiger partial charge in [-0.05, 0) is 6.92 Å². The number of ether oxygens (including phenoxy) is 1. The smallest absolute Gasteiger partial charge is 0.267 e. The summed E-state index contributed by atoms with van der Waals surface area (Å²) in [5.41, 5.74) is -3.78. The Morgan fingerprint density at radius 3 is 1.60 bits per heavy atom. The molecule has 2 atom stereocenters. The van der Waals surface area contributed by atoms with Crippen molar-refractivity contribution >= 4 is 0 Å². The summed E-state index contributed by atoms with van der Waals surface area (Å²) in [6.07, 6.45) is -2.77. The van der Waals surface area contributed by atoms with E-state index in [9.17, 15) is 15.3 Å². The number of hydrogen-bond donors (Lipinski definition) is 3. The molecule has 20 heavy (non-hydrogen) atoms. The van der Waals surface area contributed by atoms with Crippen LogP contribution in [-0.4, -0.2) is 47.3 Å². The summed E-state index contributed by atoms with van der Waals surface area (Å²) in [5, 5.41) is 63.3. The van der Waals surface area contributed by atoms with Crippen molar-refractivity contribution in [2.45, 2.75) is 19.1 Å². The molecule has 0 spiro atoms. The fourth-order valence-corrected chi connectivity index (χ4v) is 1.36. The van der Waals surface area contributed by atoms with E-state index in [4.69, 9.17) is 25.8 Å². The zero-order valence-electron chi connectivity index (χ0n) is 10.8. The molecule has 0 aromatic heterocycles. The molecule has 0 heterocycles. The quantitative estimate of drug-likeness (QED) is 0.522. The van der Waals surface area contributed by atoms with Gasteiger partial charge in [-0.25, -0.2) is 0 Å². The van der Waals surface area contributed by atoms with E-state index in [1.807, 2.05) is 0 Å². The van der Waals surface area contributed by atoms with Gasteiger partial charge in [-0.1, -0.05) is 0 Å². The lowest BCUT2D eigenvalue weighted by Gasteiger charge is -2.35. The van der Waals surface area contributed by atoms with Crippen LogP contribution in [0, 0.1) is 56.2 Å². The van der Waals surface area contributed by atoms with Crippen LogP contribution in [0.1, 0.15) is 6.92 Å². The SMILES string of the molecule is CC(OC(C#N)C(C#N)(C#N)C#N)C(CO)(CO)CO. The van der Waals surface area contributed by atoms with Gasteiger partial charge in [-0.15, -0.1) is 0 Å². The number of aliphatic hydroxyl groups excluding tert-OH is 3. The summed E-state index contributed by atoms with van der Waals surface area (Å²) in [4.78, 5) is 0. The predicted molar refractivity (Wildman–Crippen MR) is 62.9 cm³/mol. The molecule has 3 N–H and O–H groups in total. The van der Waals surface area contributed by atoms with Crippen molar-refractivity contribution in [2.24, 2.45) is 10.8 Å². The molecule has 0 rings (SSSR count). The second-order valence-electron chi connectivity index (χ2n) is 4.27. The Morgan fingerprint density at radius 1 is 0.950 bits per heavy atom. The summed E-state index contributed by atoms with van der Waals surface area (Å²) >= 11 is 0. The summed E-state index contributed by atoms with van der Waals surface area (Å²) in [5.74, 6) is 0. The molecule has 0 radical (unpaired) electrons. The third-order valence-electron chi connectivity index (χ3n) is 3.19. The fourth-order valence-electron chi connectivity index (χ4n) is 1.36. The summed E-state index contributed by atoms with van der Waals surface area (Å²) in [6.45, 7) is -0.572. The molecule has 0 fully saturated rings. The van der Waals surface area contributed by atoms with E-state index in [1.165, 1.54) is 31.2 Å². The molecule has 0 aliphatic rings. The minimum Gasteiger partial charge on any atom is -0.396 e. The van der Waals surface area contributed by atoms with Crippen LogP contribution in [0.3, 0.4) is 0 Å². The van der Waals surface area contributed by atoms with Crippen LogP contribution < -0.4 is 0 Å². The molecule has 0 bridgehead atoms. The van der Waals surface area contributed by atoms with Gasteiger partial charge >= 0.3 is 0 Å². The molecule has 0 aromatic rings. The van der Waals surface area contributed by atoms with E-state index in [1.54, 1.807) is 0 Å². The fraction of sp³-hybridized carbons (Fsp3) is 0.667. The lowest BCUT2D eigenvalue weighted by Crippen LogP contribution is -2.48. The lowest BCUT2D eigenvalue weighted by molar-refractivity contribution is -0.125. The molecular formula is C12H14N4O4. The van der Waals surface area contributed by atoms with E-state index in [-0.39, 0.29) is 0 Å². The summed E-state index contributed by atoms with van der Waals surface area (Å²) in [7, 11) is 0. The van der Waals surface area contributed by atoms with Gasteiger partial charge in [0.15, 0.2) is 6.10 Å². The predicted octanol–water partition coefficient (Wildman–Crippen LogP) is -1.20. The number of aliphatic hydroxyl groups is 3. The van der Waals surface area contributed by atoms with Crippen LogP contribution in [0.5, 0.6) is 0 Å². The van der Waals surface area contributed by atoms with E-state index in [2.05, 4.69) is 0 Å². The third kappa shape index (κ3) is 3.03. The lowest BCUT2D eigenvalue weighted by atomic mass is 9.83. The average molecular weight is 278 g/mol. The normalized spacial score (nSPS) is 14.2. The zero-order chi connectivity index (χ0) is 15.8. The van der Waals surface area contributed by atoms with Gasteiger partial charge in [0.25, 0.3) is 5.41 Å². The van der Waals surface area contributed by atoms with E-state index in [0.29, 0.717) is 0 Å². The first-order valence-electron chi connectivity index (χ1n) is 5.57. The molecule has 0 saturated heterocycles. The first-order chi connectivity index (χ1) is 9.45. The number of nitrogens with zero attached hydrogens (tertiary/aromatic N) is 4. The zero-order valence-corrected chi connectivity index (χ0v) is 10.8. The van der Waals surface area contributed by atoms with Crippen LogP contribution in [0.2, 0.25) is 0 Å². The second kappa shape index (κ2) is 7.40. The molecule has 8 heteroatoms. The highest BCUT2D eigenvalue weighted by atomic mass is 16.5. The standard InChI is InChI=1S/C12H14N4O4/c1-9(12(6-17,7-18)8-19)20-10(2-13)11(3-14,4-15)5-16/h9-10,17-19H,6-8H2,1H3. The molecule has 2 unspecified atom stereocenters. The Kier molecular flexibility index (Phi) is 6.59. The molecule has 0 aliphatic carbocycles. The second-order valence-corrected chi connectivity index (χ2v) is 4.27. The van der Waals surface area contributed by atoms with Crippen molar-refractivity contribution in [1.82, 2.24) is 0 Å². The van der Waals surface area contributed by atoms with Crippen molar-refractivity contribution in [2.75, 3.05) is 19.8 Å². The Balaban J connectivity index is 5.40. The molecular weight excluding hydrogens is 264 g/mol. The van der Waals surface area contributed by atoms with Crippen LogP contribution >= 0.6 is 0 Å². The molecule has 0 amide bonds. The van der Waals surface area contributed by atoms with Gasteiger partial charge in [0.05, 0.1) is 37.4 Å². The van der Waals surface area contributed by atoms with Gasteiger partial charge in [0.2, 0.25) is 0 Å². The molecule has 0 saturated carbocycles. The van der Waals surface area contributed by atoms with E-state index in [0.717, 1.165) is 0 Å². The topological polar surface area (TPSA) is 165 Å². The van der Waals surface area contributed by atoms with Crippen LogP contribution in [-0.2, 0) is 4.74 Å². The monoisotopic (exact) mass is 278 g/mol. The van der Waals surface area contributed by atoms with E-state index < -0.39 is 42.9 Å². The van der Waals surface area contributed by atoms with Crippen molar-refractivity contribution in [3.8, 4) is 24.3 Å². The maximum absolute atomic E-state index is 9.23. The van der Waals surface area contributed by atoms with Crippen molar-refractivity contribution < 1.29 is 20.1 Å². The summed E-state index contributed by atoms with van der Waals surface area (Å²) in [6, 6.07) is 5.80. The largest absolute Gasteiger partial charge is 0.396 e. The number of nitriles is 4. The Labute approximate surface area is 116 Å². The highest BCUT2D eigenvalue weighted by molar-refractivity contribution is 5.32. The minimum atomic E-state index is -2.32. The van der Waals surface area contributed by atoms with Gasteiger partial charge in [0.1, 0.15) is 18.2 Å². The number of hydrogen-bond acceptors (Lipinski definition) is 8. The van der Waals surface area contributed by atoms with Gasteiger partial charge in [0, 0.05) is 0 Å². The third-order valence-corrected chi connectivity index (χ3v) is 3.19. The van der Waals surface area contributed by atoms with Gasteiger partial charge < -0.3 is 20.1 Å². The number of rotatable bonds is 7. The maximum Gasteiger partial charge on any atom is 0.267 e. The minimum absolute atomic E-state index is 0.641. The van der Waals surface area contributed by atoms with Crippen LogP contribution in [0.25, 0.3) is 0 Å². The Bertz CT molecular complexity index is 445. The maximum atomic E-state index is 9.23. The first kappa shape index (κ1) is 17.8. The average Bonchev–Trinajstić information content (AvgIpc) is 2.50. The molecule has 0 aliphatic heterocycles. The molecule has 106 valence electrons. The van der Waals surface area contributed by atoms with Crippen molar-refractivity contribution in [1.29, 1.82) is 21.0 Å². The van der Waals surface area contributed by atoms with E-state index >= 15 is 0 Å². The van der Waals surface area contributed by atoms with Crippen LogP contribution in [0.15, 0.2) is 0 Å². The first-order valence-corrected chi connectivity index (χ1v) is 5.57. The highest BCUT2D eigenvalue weighted by Gasteiger charge is 2.46. The van der Waals surface area contributed by atoms with Crippen LogP contribution in [0.4, 0.5) is 0 Å². The molecule has 0 aromatic carbocycles. The van der Waals surface area contributed by atoms with Gasteiger partial charge in [-0.2, -0.15) is 21.0 Å². The highest BCUT2D eigenvalue weighted by Crippen LogP contribution is 2.29. The van der Waals surface area contributed by atoms with Gasteiger partial charge in [-0.3, -0.25) is 0 Å². The molecule has 8 nitrogen and oxygen atoms in total. The van der Waals surface area contributed by atoms with Crippen molar-refractivity contribution in [3.63, 3.8) is 0 Å². The Hall–Kier alpha value is -2.20. The van der Waals surface area contributed by atoms with Crippen molar-refractivity contribution in [3.05, 3.63) is 0 Å².